The van der Waals surface area contributed by atoms with E-state index in [1.165, 1.54) is 36.7 Å². The average Bonchev–Trinajstić information content (AvgIpc) is 2.57. The number of nitrogens with zero attached hydrogens (tertiary/aromatic N) is 3. The second-order valence-electron chi connectivity index (χ2n) is 7.41. The Kier molecular flexibility index (Phi) is 5.38. The highest BCUT2D eigenvalue weighted by molar-refractivity contribution is 5.23. The van der Waals surface area contributed by atoms with Crippen molar-refractivity contribution >= 4 is 5.95 Å². The highest BCUT2D eigenvalue weighted by atomic mass is 16.2. The van der Waals surface area contributed by atoms with Gasteiger partial charge in [-0.2, -0.15) is 4.98 Å². The minimum Gasteiger partial charge on any atom is -0.353 e. The molecule has 2 aliphatic rings. The van der Waals surface area contributed by atoms with Crippen molar-refractivity contribution in [1.29, 1.82) is 0 Å². The van der Waals surface area contributed by atoms with Gasteiger partial charge in [0.25, 0.3) is 0 Å². The van der Waals surface area contributed by atoms with Crippen molar-refractivity contribution in [3.05, 3.63) is 21.0 Å². The van der Waals surface area contributed by atoms with Crippen LogP contribution in [0.15, 0.2) is 9.59 Å². The second kappa shape index (κ2) is 7.51. The zero-order valence-electron chi connectivity index (χ0n) is 14.8. The number of rotatable bonds is 4. The molecule has 3 rings (SSSR count). The average molecular weight is 335 g/mol. The summed E-state index contributed by atoms with van der Waals surface area (Å²) in [5.74, 6) is 0.896. The van der Waals surface area contributed by atoms with Crippen LogP contribution in [0.2, 0.25) is 0 Å². The first-order valence-electron chi connectivity index (χ1n) is 9.22. The lowest BCUT2D eigenvalue weighted by Gasteiger charge is -2.30. The summed E-state index contributed by atoms with van der Waals surface area (Å²) in [7, 11) is 2.06. The summed E-state index contributed by atoms with van der Waals surface area (Å²) in [5.41, 5.74) is -0.783. The SMILES string of the molecule is C[C@H](Nc1nc(=O)n(C2CCN(C)CC2)c(=O)[nH]1)C1CCCCC1. The molecule has 0 spiro atoms. The molecule has 2 heterocycles. The quantitative estimate of drug-likeness (QED) is 0.873. The van der Waals surface area contributed by atoms with Crippen molar-refractivity contribution in [3.63, 3.8) is 0 Å². The molecule has 2 N–H and O–H groups in total. The third kappa shape index (κ3) is 3.88. The van der Waals surface area contributed by atoms with Gasteiger partial charge in [0.2, 0.25) is 5.95 Å². The summed E-state index contributed by atoms with van der Waals surface area (Å²) < 4.78 is 1.30. The van der Waals surface area contributed by atoms with Crippen LogP contribution < -0.4 is 16.7 Å². The van der Waals surface area contributed by atoms with Crippen molar-refractivity contribution in [2.75, 3.05) is 25.5 Å². The third-order valence-electron chi connectivity index (χ3n) is 5.63. The lowest BCUT2D eigenvalue weighted by molar-refractivity contribution is 0.214. The molecule has 2 fully saturated rings. The zero-order valence-corrected chi connectivity index (χ0v) is 14.8. The fourth-order valence-corrected chi connectivity index (χ4v) is 4.04. The van der Waals surface area contributed by atoms with Crippen LogP contribution in [0.4, 0.5) is 5.95 Å². The summed E-state index contributed by atoms with van der Waals surface area (Å²) >= 11 is 0. The second-order valence-corrected chi connectivity index (χ2v) is 7.41. The number of piperidine rings is 1. The summed E-state index contributed by atoms with van der Waals surface area (Å²) in [5, 5.41) is 3.24. The van der Waals surface area contributed by atoms with E-state index in [2.05, 4.69) is 34.2 Å². The highest BCUT2D eigenvalue weighted by Crippen LogP contribution is 2.27. The Hall–Kier alpha value is -1.63. The van der Waals surface area contributed by atoms with Gasteiger partial charge in [0.1, 0.15) is 0 Å². The predicted molar refractivity (Wildman–Crippen MR) is 94.5 cm³/mol. The summed E-state index contributed by atoms with van der Waals surface area (Å²) in [6.07, 6.45) is 7.86. The largest absolute Gasteiger partial charge is 0.355 e. The zero-order chi connectivity index (χ0) is 17.1. The molecule has 1 aromatic rings. The van der Waals surface area contributed by atoms with Gasteiger partial charge in [-0.15, -0.1) is 0 Å². The minimum absolute atomic E-state index is 0.0465. The van der Waals surface area contributed by atoms with Gasteiger partial charge in [0.05, 0.1) is 0 Å². The Bertz CT molecular complexity index is 622. The molecular formula is C17H29N5O2. The number of anilines is 1. The standard InChI is InChI=1S/C17H29N5O2/c1-12(13-6-4-3-5-7-13)18-15-19-16(23)22(17(24)20-15)14-8-10-21(2)11-9-14/h12-14H,3-11H2,1-2H3,(H2,18,19,20,23,24)/t12-/m0/s1. The fourth-order valence-electron chi connectivity index (χ4n) is 4.04. The molecule has 7 nitrogen and oxygen atoms in total. The van der Waals surface area contributed by atoms with Gasteiger partial charge >= 0.3 is 11.4 Å². The molecule has 1 saturated carbocycles. The number of hydrogen-bond donors (Lipinski definition) is 2. The molecule has 0 aromatic carbocycles. The Morgan fingerprint density at radius 2 is 1.79 bits per heavy atom. The maximum atomic E-state index is 12.4. The van der Waals surface area contributed by atoms with E-state index in [-0.39, 0.29) is 17.8 Å². The molecule has 0 amide bonds. The van der Waals surface area contributed by atoms with Crippen LogP contribution in [0.3, 0.4) is 0 Å². The number of nitrogens with one attached hydrogen (secondary N) is 2. The van der Waals surface area contributed by atoms with Crippen LogP contribution in [-0.4, -0.2) is 45.6 Å². The number of hydrogen-bond acceptors (Lipinski definition) is 5. The van der Waals surface area contributed by atoms with Gasteiger partial charge in [0, 0.05) is 12.1 Å². The number of H-pyrrole nitrogens is 1. The fraction of sp³-hybridized carbons (Fsp3) is 0.824. The topological polar surface area (TPSA) is 83.0 Å². The highest BCUT2D eigenvalue weighted by Gasteiger charge is 2.23. The lowest BCUT2D eigenvalue weighted by Crippen LogP contribution is -2.44. The molecular weight excluding hydrogens is 306 g/mol. The van der Waals surface area contributed by atoms with E-state index in [1.54, 1.807) is 0 Å². The van der Waals surface area contributed by atoms with Crippen LogP contribution in [0.5, 0.6) is 0 Å². The van der Waals surface area contributed by atoms with E-state index in [0.29, 0.717) is 11.9 Å². The van der Waals surface area contributed by atoms with Crippen LogP contribution in [0.25, 0.3) is 0 Å². The summed E-state index contributed by atoms with van der Waals surface area (Å²) in [6.45, 7) is 3.91. The van der Waals surface area contributed by atoms with E-state index >= 15 is 0 Å². The summed E-state index contributed by atoms with van der Waals surface area (Å²) in [6, 6.07) is 0.168. The monoisotopic (exact) mass is 335 g/mol. The van der Waals surface area contributed by atoms with Gasteiger partial charge in [-0.1, -0.05) is 19.3 Å². The van der Waals surface area contributed by atoms with Crippen LogP contribution in [-0.2, 0) is 0 Å². The van der Waals surface area contributed by atoms with Crippen molar-refractivity contribution in [2.24, 2.45) is 5.92 Å². The molecule has 134 valence electrons. The van der Waals surface area contributed by atoms with Crippen molar-refractivity contribution in [3.8, 4) is 0 Å². The minimum atomic E-state index is -0.438. The van der Waals surface area contributed by atoms with Gasteiger partial charge in [-0.05, 0) is 58.7 Å². The van der Waals surface area contributed by atoms with E-state index in [4.69, 9.17) is 0 Å². The van der Waals surface area contributed by atoms with E-state index < -0.39 is 5.69 Å². The first kappa shape index (κ1) is 17.2. The molecule has 1 atom stereocenters. The van der Waals surface area contributed by atoms with Gasteiger partial charge in [0.15, 0.2) is 0 Å². The molecule has 0 bridgehead atoms. The normalized spacial score (nSPS) is 22.4. The number of aromatic amines is 1. The Morgan fingerprint density at radius 3 is 2.42 bits per heavy atom. The van der Waals surface area contributed by atoms with E-state index in [9.17, 15) is 9.59 Å². The van der Waals surface area contributed by atoms with Crippen LogP contribution >= 0.6 is 0 Å². The van der Waals surface area contributed by atoms with Crippen LogP contribution in [0.1, 0.15) is 57.9 Å². The molecule has 1 aliphatic heterocycles. The predicted octanol–water partition coefficient (Wildman–Crippen LogP) is 1.58. The molecule has 0 radical (unpaired) electrons. The molecule has 24 heavy (non-hydrogen) atoms. The van der Waals surface area contributed by atoms with Gasteiger partial charge in [-0.3, -0.25) is 4.98 Å². The Balaban J connectivity index is 1.72. The van der Waals surface area contributed by atoms with Crippen molar-refractivity contribution in [1.82, 2.24) is 19.4 Å². The first-order chi connectivity index (χ1) is 11.5. The molecule has 7 heteroatoms. The van der Waals surface area contributed by atoms with E-state index in [1.807, 2.05) is 0 Å². The third-order valence-corrected chi connectivity index (χ3v) is 5.63. The maximum absolute atomic E-state index is 12.4. The summed E-state index contributed by atoms with van der Waals surface area (Å²) in [4.78, 5) is 33.9. The number of likely N-dealkylation sites (tertiary alicyclic amines) is 1. The Labute approximate surface area is 142 Å². The van der Waals surface area contributed by atoms with Gasteiger partial charge in [-0.25, -0.2) is 14.2 Å². The Morgan fingerprint density at radius 1 is 1.12 bits per heavy atom. The molecule has 1 saturated heterocycles. The molecule has 0 unspecified atom stereocenters. The maximum Gasteiger partial charge on any atom is 0.355 e. The molecule has 1 aliphatic carbocycles. The van der Waals surface area contributed by atoms with Crippen molar-refractivity contribution in [2.45, 2.75) is 64.0 Å². The van der Waals surface area contributed by atoms with Crippen LogP contribution in [0, 0.1) is 5.92 Å². The smallest absolute Gasteiger partial charge is 0.353 e. The van der Waals surface area contributed by atoms with Crippen molar-refractivity contribution < 1.29 is 0 Å². The number of aromatic nitrogens is 3. The van der Waals surface area contributed by atoms with E-state index in [0.717, 1.165) is 25.9 Å². The molecule has 1 aromatic heterocycles. The first-order valence-corrected chi connectivity index (χ1v) is 9.22. The lowest BCUT2D eigenvalue weighted by atomic mass is 9.85. The van der Waals surface area contributed by atoms with Gasteiger partial charge < -0.3 is 10.2 Å².